The number of hydrogen-bond donors (Lipinski definition) is 2. The number of benzene rings is 2. The Morgan fingerprint density at radius 2 is 1.76 bits per heavy atom. The van der Waals surface area contributed by atoms with Crippen molar-refractivity contribution in [3.8, 4) is 0 Å². The molecule has 0 radical (unpaired) electrons. The van der Waals surface area contributed by atoms with E-state index in [-0.39, 0.29) is 28.6 Å². The first-order valence-electron chi connectivity index (χ1n) is 5.57. The van der Waals surface area contributed by atoms with Crippen molar-refractivity contribution in [1.82, 2.24) is 0 Å². The molecule has 0 unspecified atom stereocenters. The Kier molecular flexibility index (Phi) is 6.03. The maximum atomic E-state index is 12.0. The monoisotopic (exact) mass is 345 g/mol. The van der Waals surface area contributed by atoms with E-state index in [0.29, 0.717) is 10.7 Å². The number of rotatable bonds is 3. The fraction of sp³-hybridized carbons (Fsp3) is 0. The average Bonchev–Trinajstić information content (AvgIpc) is 2.38. The average molecular weight is 347 g/mol. The third kappa shape index (κ3) is 4.36. The zero-order valence-electron chi connectivity index (χ0n) is 10.5. The molecule has 0 fully saturated rings. The zero-order valence-corrected chi connectivity index (χ0v) is 12.8. The summed E-state index contributed by atoms with van der Waals surface area (Å²) in [5.41, 5.74) is 0.725. The lowest BCUT2D eigenvalue weighted by molar-refractivity contribution is 0.0696. The van der Waals surface area contributed by atoms with Gasteiger partial charge in [0.25, 0.3) is 5.91 Å². The number of aromatic carboxylic acids is 1. The van der Waals surface area contributed by atoms with E-state index in [1.807, 2.05) is 0 Å². The molecule has 0 aliphatic heterocycles. The lowest BCUT2D eigenvalue weighted by Gasteiger charge is -2.07. The number of nitrogens with one attached hydrogen (secondary N) is 1. The molecule has 0 atom stereocenters. The number of amides is 1. The summed E-state index contributed by atoms with van der Waals surface area (Å²) in [6.45, 7) is 0. The number of carbonyl (C=O) groups excluding carboxylic acids is 1. The van der Waals surface area contributed by atoms with E-state index >= 15 is 0 Å². The predicted octanol–water partition coefficient (Wildman–Crippen LogP) is 4.37. The molecular formula is C14H10Cl3NO3. The minimum atomic E-state index is -1.06. The summed E-state index contributed by atoms with van der Waals surface area (Å²) in [7, 11) is 0. The van der Waals surface area contributed by atoms with Crippen molar-refractivity contribution in [3.05, 3.63) is 63.6 Å². The summed E-state index contributed by atoms with van der Waals surface area (Å²) < 4.78 is 0. The van der Waals surface area contributed by atoms with E-state index in [0.717, 1.165) is 0 Å². The van der Waals surface area contributed by atoms with Crippen LogP contribution in [0.15, 0.2) is 42.5 Å². The molecule has 1 amide bonds. The van der Waals surface area contributed by atoms with E-state index in [2.05, 4.69) is 5.32 Å². The highest BCUT2D eigenvalue weighted by atomic mass is 35.5. The van der Waals surface area contributed by atoms with Crippen LogP contribution >= 0.6 is 35.6 Å². The van der Waals surface area contributed by atoms with Crippen molar-refractivity contribution >= 4 is 53.2 Å². The van der Waals surface area contributed by atoms with E-state index in [4.69, 9.17) is 28.3 Å². The van der Waals surface area contributed by atoms with Gasteiger partial charge in [-0.25, -0.2) is 4.79 Å². The Labute approximate surface area is 137 Å². The molecule has 0 heterocycles. The first-order valence-corrected chi connectivity index (χ1v) is 6.33. The van der Waals surface area contributed by atoms with Crippen molar-refractivity contribution in [1.29, 1.82) is 0 Å². The minimum absolute atomic E-state index is 0. The summed E-state index contributed by atoms with van der Waals surface area (Å²) in [4.78, 5) is 22.9. The second-order valence-electron chi connectivity index (χ2n) is 3.96. The molecule has 0 aliphatic carbocycles. The first kappa shape index (κ1) is 17.3. The number of carboxylic acids is 1. The molecule has 0 saturated heterocycles. The van der Waals surface area contributed by atoms with Gasteiger partial charge in [0.2, 0.25) is 0 Å². The van der Waals surface area contributed by atoms with Gasteiger partial charge in [-0.1, -0.05) is 29.3 Å². The summed E-state index contributed by atoms with van der Waals surface area (Å²) in [6, 6.07) is 10.5. The van der Waals surface area contributed by atoms with Crippen LogP contribution in [0.1, 0.15) is 20.7 Å². The molecule has 2 aromatic carbocycles. The van der Waals surface area contributed by atoms with Crippen LogP contribution in [-0.4, -0.2) is 17.0 Å². The Hall–Kier alpha value is -1.75. The summed E-state index contributed by atoms with van der Waals surface area (Å²) in [6.07, 6.45) is 0. The first-order chi connectivity index (χ1) is 9.47. The van der Waals surface area contributed by atoms with E-state index in [9.17, 15) is 9.59 Å². The summed E-state index contributed by atoms with van der Waals surface area (Å²) in [5.74, 6) is -1.50. The smallest absolute Gasteiger partial charge is 0.335 e. The second-order valence-corrected chi connectivity index (χ2v) is 4.81. The fourth-order valence-electron chi connectivity index (χ4n) is 1.60. The highest BCUT2D eigenvalue weighted by Gasteiger charge is 2.12. The maximum absolute atomic E-state index is 12.0. The lowest BCUT2D eigenvalue weighted by atomic mass is 10.1. The van der Waals surface area contributed by atoms with Crippen LogP contribution in [-0.2, 0) is 0 Å². The Bertz CT molecular complexity index is 689. The third-order valence-corrected chi connectivity index (χ3v) is 3.09. The molecular weight excluding hydrogens is 337 g/mol. The largest absolute Gasteiger partial charge is 0.478 e. The van der Waals surface area contributed by atoms with E-state index < -0.39 is 11.9 Å². The number of halogens is 3. The SMILES string of the molecule is Cl.O=C(O)c1cccc(NC(=O)c2ccc(Cl)cc2Cl)c1. The second kappa shape index (κ2) is 7.31. The van der Waals surface area contributed by atoms with Crippen LogP contribution in [0.4, 0.5) is 5.69 Å². The highest BCUT2D eigenvalue weighted by Crippen LogP contribution is 2.22. The van der Waals surface area contributed by atoms with E-state index in [1.54, 1.807) is 18.2 Å². The van der Waals surface area contributed by atoms with Crippen LogP contribution in [0.3, 0.4) is 0 Å². The molecule has 4 nitrogen and oxygen atoms in total. The molecule has 2 N–H and O–H groups in total. The van der Waals surface area contributed by atoms with Gasteiger partial charge in [0.15, 0.2) is 0 Å². The zero-order chi connectivity index (χ0) is 14.7. The maximum Gasteiger partial charge on any atom is 0.335 e. The van der Waals surface area contributed by atoms with Gasteiger partial charge in [-0.2, -0.15) is 0 Å². The molecule has 110 valence electrons. The minimum Gasteiger partial charge on any atom is -0.478 e. The predicted molar refractivity (Wildman–Crippen MR) is 85.1 cm³/mol. The molecule has 2 aromatic rings. The molecule has 2 rings (SSSR count). The van der Waals surface area contributed by atoms with Crippen LogP contribution in [0, 0.1) is 0 Å². The van der Waals surface area contributed by atoms with Crippen molar-refractivity contribution in [2.45, 2.75) is 0 Å². The van der Waals surface area contributed by atoms with Crippen molar-refractivity contribution in [2.24, 2.45) is 0 Å². The summed E-state index contributed by atoms with van der Waals surface area (Å²) >= 11 is 11.7. The molecule has 0 aliphatic rings. The van der Waals surface area contributed by atoms with Crippen molar-refractivity contribution in [3.63, 3.8) is 0 Å². The van der Waals surface area contributed by atoms with Gasteiger partial charge in [-0.3, -0.25) is 4.79 Å². The van der Waals surface area contributed by atoms with Crippen LogP contribution in [0.25, 0.3) is 0 Å². The quantitative estimate of drug-likeness (QED) is 0.867. The molecule has 0 bridgehead atoms. The number of hydrogen-bond acceptors (Lipinski definition) is 2. The number of carbonyl (C=O) groups is 2. The van der Waals surface area contributed by atoms with Gasteiger partial charge in [0, 0.05) is 10.7 Å². The lowest BCUT2D eigenvalue weighted by Crippen LogP contribution is -2.13. The molecule has 0 saturated carbocycles. The van der Waals surface area contributed by atoms with Crippen molar-refractivity contribution < 1.29 is 14.7 Å². The van der Waals surface area contributed by atoms with Gasteiger partial charge >= 0.3 is 5.97 Å². The van der Waals surface area contributed by atoms with Gasteiger partial charge in [0.05, 0.1) is 16.1 Å². The Morgan fingerprint density at radius 1 is 1.05 bits per heavy atom. The van der Waals surface area contributed by atoms with Crippen LogP contribution in [0.5, 0.6) is 0 Å². The van der Waals surface area contributed by atoms with Gasteiger partial charge < -0.3 is 10.4 Å². The third-order valence-electron chi connectivity index (χ3n) is 2.54. The molecule has 0 spiro atoms. The van der Waals surface area contributed by atoms with Crippen LogP contribution in [0.2, 0.25) is 10.0 Å². The van der Waals surface area contributed by atoms with Gasteiger partial charge in [-0.15, -0.1) is 12.4 Å². The van der Waals surface area contributed by atoms with E-state index in [1.165, 1.54) is 24.3 Å². The summed E-state index contributed by atoms with van der Waals surface area (Å²) in [5, 5.41) is 12.1. The normalized spacial score (nSPS) is 9.62. The Balaban J connectivity index is 0.00000220. The van der Waals surface area contributed by atoms with Gasteiger partial charge in [0.1, 0.15) is 0 Å². The van der Waals surface area contributed by atoms with Crippen molar-refractivity contribution in [2.75, 3.05) is 5.32 Å². The molecule has 7 heteroatoms. The van der Waals surface area contributed by atoms with Gasteiger partial charge in [-0.05, 0) is 36.4 Å². The topological polar surface area (TPSA) is 66.4 Å². The molecule has 0 aromatic heterocycles. The number of anilines is 1. The molecule has 21 heavy (non-hydrogen) atoms. The number of carboxylic acid groups (broad SMARTS) is 1. The van der Waals surface area contributed by atoms with Crippen LogP contribution < -0.4 is 5.32 Å². The Morgan fingerprint density at radius 3 is 2.38 bits per heavy atom. The standard InChI is InChI=1S/C14H9Cl2NO3.ClH/c15-9-4-5-11(12(16)7-9)13(18)17-10-3-1-2-8(6-10)14(19)20;/h1-7H,(H,17,18)(H,19,20);1H. The fourth-order valence-corrected chi connectivity index (χ4v) is 2.10. The highest BCUT2D eigenvalue weighted by molar-refractivity contribution is 6.37.